The molecule has 1 unspecified atom stereocenters. The third-order valence-corrected chi connectivity index (χ3v) is 4.74. The molecule has 1 saturated heterocycles. The Balaban J connectivity index is 1.79. The van der Waals surface area contributed by atoms with Crippen LogP contribution in [0.2, 0.25) is 0 Å². The number of likely N-dealkylation sites (tertiary alicyclic amines) is 1. The molecule has 22 heavy (non-hydrogen) atoms. The second-order valence-corrected chi connectivity index (χ2v) is 6.11. The fraction of sp³-hybridized carbons (Fsp3) is 0.444. The van der Waals surface area contributed by atoms with Crippen LogP contribution in [0.1, 0.15) is 41.4 Å². The van der Waals surface area contributed by atoms with Crippen LogP contribution in [0, 0.1) is 13.8 Å². The van der Waals surface area contributed by atoms with Crippen LogP contribution >= 0.6 is 0 Å². The Bertz CT molecular complexity index is 675. The van der Waals surface area contributed by atoms with Gasteiger partial charge in [-0.1, -0.05) is 30.3 Å². The van der Waals surface area contributed by atoms with Crippen LogP contribution in [0.25, 0.3) is 0 Å². The summed E-state index contributed by atoms with van der Waals surface area (Å²) in [6, 6.07) is 10.6. The summed E-state index contributed by atoms with van der Waals surface area (Å²) in [5.41, 5.74) is 4.37. The number of hydrogen-bond donors (Lipinski definition) is 0. The van der Waals surface area contributed by atoms with Crippen LogP contribution < -0.4 is 0 Å². The second-order valence-electron chi connectivity index (χ2n) is 6.11. The predicted octanol–water partition coefficient (Wildman–Crippen LogP) is 2.94. The molecule has 2 aromatic rings. The Morgan fingerprint density at radius 1 is 1.27 bits per heavy atom. The van der Waals surface area contributed by atoms with Gasteiger partial charge in [-0.15, -0.1) is 0 Å². The summed E-state index contributed by atoms with van der Waals surface area (Å²) in [5.74, 6) is 0.213. The SMILES string of the molecule is Cc1nn(C)c(C)c1CC(=O)N1CCCC1c1ccccc1. The van der Waals surface area contributed by atoms with Crippen LogP contribution in [-0.4, -0.2) is 27.1 Å². The first kappa shape index (κ1) is 14.8. The molecule has 0 saturated carbocycles. The largest absolute Gasteiger partial charge is 0.335 e. The zero-order valence-electron chi connectivity index (χ0n) is 13.5. The highest BCUT2D eigenvalue weighted by Crippen LogP contribution is 2.32. The first-order valence-corrected chi connectivity index (χ1v) is 7.91. The van der Waals surface area contributed by atoms with E-state index in [0.29, 0.717) is 6.42 Å². The Morgan fingerprint density at radius 3 is 2.64 bits per heavy atom. The van der Waals surface area contributed by atoms with E-state index in [4.69, 9.17) is 0 Å². The van der Waals surface area contributed by atoms with Crippen LogP contribution in [0.3, 0.4) is 0 Å². The molecular formula is C18H23N3O. The number of aromatic nitrogens is 2. The number of aryl methyl sites for hydroxylation is 2. The van der Waals surface area contributed by atoms with E-state index in [0.717, 1.165) is 36.3 Å². The summed E-state index contributed by atoms with van der Waals surface area (Å²) >= 11 is 0. The van der Waals surface area contributed by atoms with Crippen molar-refractivity contribution in [2.24, 2.45) is 7.05 Å². The van der Waals surface area contributed by atoms with Gasteiger partial charge in [0.15, 0.2) is 0 Å². The molecular weight excluding hydrogens is 274 g/mol. The van der Waals surface area contributed by atoms with Crippen LogP contribution in [-0.2, 0) is 18.3 Å². The van der Waals surface area contributed by atoms with Gasteiger partial charge in [-0.05, 0) is 32.3 Å². The van der Waals surface area contributed by atoms with Crippen molar-refractivity contribution in [2.45, 2.75) is 39.2 Å². The van der Waals surface area contributed by atoms with Crippen molar-refractivity contribution in [3.05, 3.63) is 52.8 Å². The Hall–Kier alpha value is -2.10. The summed E-state index contributed by atoms with van der Waals surface area (Å²) in [6.07, 6.45) is 2.59. The lowest BCUT2D eigenvalue weighted by Crippen LogP contribution is -2.32. The van der Waals surface area contributed by atoms with Gasteiger partial charge in [-0.2, -0.15) is 5.10 Å². The number of carbonyl (C=O) groups excluding carboxylic acids is 1. The molecule has 116 valence electrons. The van der Waals surface area contributed by atoms with Crippen molar-refractivity contribution in [2.75, 3.05) is 6.54 Å². The maximum Gasteiger partial charge on any atom is 0.227 e. The number of amides is 1. The number of nitrogens with zero attached hydrogens (tertiary/aromatic N) is 3. The van der Waals surface area contributed by atoms with Crippen molar-refractivity contribution in [1.82, 2.24) is 14.7 Å². The molecule has 0 bridgehead atoms. The molecule has 3 rings (SSSR count). The van der Waals surface area contributed by atoms with E-state index in [-0.39, 0.29) is 11.9 Å². The number of carbonyl (C=O) groups is 1. The minimum atomic E-state index is 0.213. The van der Waals surface area contributed by atoms with Crippen molar-refractivity contribution in [3.8, 4) is 0 Å². The van der Waals surface area contributed by atoms with Gasteiger partial charge in [0, 0.05) is 24.8 Å². The van der Waals surface area contributed by atoms with E-state index in [1.54, 1.807) is 0 Å². The van der Waals surface area contributed by atoms with E-state index in [1.807, 2.05) is 48.7 Å². The highest BCUT2D eigenvalue weighted by molar-refractivity contribution is 5.80. The highest BCUT2D eigenvalue weighted by Gasteiger charge is 2.30. The van der Waals surface area contributed by atoms with Crippen molar-refractivity contribution in [3.63, 3.8) is 0 Å². The fourth-order valence-corrected chi connectivity index (χ4v) is 3.41. The molecule has 1 atom stereocenters. The molecule has 1 amide bonds. The van der Waals surface area contributed by atoms with Gasteiger partial charge in [0.25, 0.3) is 0 Å². The standard InChI is InChI=1S/C18H23N3O/c1-13-16(14(2)20(3)19-13)12-18(22)21-11-7-10-17(21)15-8-5-4-6-9-15/h4-6,8-9,17H,7,10-12H2,1-3H3. The summed E-state index contributed by atoms with van der Waals surface area (Å²) in [4.78, 5) is 14.8. The molecule has 0 spiro atoms. The molecule has 2 heterocycles. The number of rotatable bonds is 3. The van der Waals surface area contributed by atoms with Gasteiger partial charge in [0.1, 0.15) is 0 Å². The van der Waals surface area contributed by atoms with Gasteiger partial charge in [0.2, 0.25) is 5.91 Å². The lowest BCUT2D eigenvalue weighted by molar-refractivity contribution is -0.131. The molecule has 4 heteroatoms. The predicted molar refractivity (Wildman–Crippen MR) is 86.5 cm³/mol. The van der Waals surface area contributed by atoms with E-state index < -0.39 is 0 Å². The van der Waals surface area contributed by atoms with Gasteiger partial charge in [-0.3, -0.25) is 9.48 Å². The lowest BCUT2D eigenvalue weighted by Gasteiger charge is -2.25. The zero-order valence-corrected chi connectivity index (χ0v) is 13.5. The van der Waals surface area contributed by atoms with Gasteiger partial charge in [-0.25, -0.2) is 0 Å². The Labute approximate surface area is 131 Å². The normalized spacial score (nSPS) is 18.0. The molecule has 1 aromatic heterocycles. The number of hydrogen-bond acceptors (Lipinski definition) is 2. The Kier molecular flexibility index (Phi) is 4.01. The van der Waals surface area contributed by atoms with Crippen molar-refractivity contribution < 1.29 is 4.79 Å². The van der Waals surface area contributed by atoms with E-state index in [2.05, 4.69) is 17.2 Å². The van der Waals surface area contributed by atoms with E-state index in [9.17, 15) is 4.79 Å². The van der Waals surface area contributed by atoms with E-state index >= 15 is 0 Å². The molecule has 0 radical (unpaired) electrons. The fourth-order valence-electron chi connectivity index (χ4n) is 3.41. The highest BCUT2D eigenvalue weighted by atomic mass is 16.2. The third kappa shape index (κ3) is 2.65. The first-order valence-electron chi connectivity index (χ1n) is 7.91. The molecule has 4 nitrogen and oxygen atoms in total. The molecule has 0 aliphatic carbocycles. The quantitative estimate of drug-likeness (QED) is 0.873. The molecule has 0 N–H and O–H groups in total. The maximum absolute atomic E-state index is 12.8. The molecule has 1 aliphatic heterocycles. The van der Waals surface area contributed by atoms with Gasteiger partial charge in [0.05, 0.1) is 18.2 Å². The van der Waals surface area contributed by atoms with E-state index in [1.165, 1.54) is 5.56 Å². The third-order valence-electron chi connectivity index (χ3n) is 4.74. The van der Waals surface area contributed by atoms with Crippen molar-refractivity contribution >= 4 is 5.91 Å². The molecule has 1 aromatic carbocycles. The minimum Gasteiger partial charge on any atom is -0.335 e. The first-order chi connectivity index (χ1) is 10.6. The molecule has 1 fully saturated rings. The van der Waals surface area contributed by atoms with Crippen LogP contribution in [0.5, 0.6) is 0 Å². The molecule has 1 aliphatic rings. The lowest BCUT2D eigenvalue weighted by atomic mass is 10.0. The second kappa shape index (κ2) is 5.95. The van der Waals surface area contributed by atoms with Crippen LogP contribution in [0.4, 0.5) is 0 Å². The topological polar surface area (TPSA) is 38.1 Å². The van der Waals surface area contributed by atoms with Gasteiger partial charge >= 0.3 is 0 Å². The maximum atomic E-state index is 12.8. The zero-order chi connectivity index (χ0) is 15.7. The van der Waals surface area contributed by atoms with Crippen molar-refractivity contribution in [1.29, 1.82) is 0 Å². The monoisotopic (exact) mass is 297 g/mol. The summed E-state index contributed by atoms with van der Waals surface area (Å²) in [5, 5.41) is 4.41. The summed E-state index contributed by atoms with van der Waals surface area (Å²) < 4.78 is 1.86. The average molecular weight is 297 g/mol. The Morgan fingerprint density at radius 2 is 2.00 bits per heavy atom. The smallest absolute Gasteiger partial charge is 0.227 e. The minimum absolute atomic E-state index is 0.213. The van der Waals surface area contributed by atoms with Crippen LogP contribution in [0.15, 0.2) is 30.3 Å². The van der Waals surface area contributed by atoms with Gasteiger partial charge < -0.3 is 4.90 Å². The summed E-state index contributed by atoms with van der Waals surface area (Å²) in [7, 11) is 1.93. The average Bonchev–Trinajstić information content (AvgIpc) is 3.09. The summed E-state index contributed by atoms with van der Waals surface area (Å²) in [6.45, 7) is 4.87. The number of benzene rings is 1.